The maximum Gasteiger partial charge on any atom is 0.0613 e. The van der Waals surface area contributed by atoms with Gasteiger partial charge in [-0.2, -0.15) is 0 Å². The van der Waals surface area contributed by atoms with Crippen molar-refractivity contribution in [1.29, 1.82) is 0 Å². The van der Waals surface area contributed by atoms with E-state index in [1.807, 2.05) is 0 Å². The zero-order valence-electron chi connectivity index (χ0n) is 10.0. The smallest absolute Gasteiger partial charge is 0.0613 e. The first-order valence-electron chi connectivity index (χ1n) is 5.11. The van der Waals surface area contributed by atoms with Gasteiger partial charge in [-0.25, -0.2) is 0 Å². The maximum absolute atomic E-state index is 5.06. The molecule has 0 aliphatic carbocycles. The second-order valence-corrected chi connectivity index (χ2v) is 4.47. The molecule has 0 heterocycles. The molecule has 92 valence electrons. The molecule has 0 aliphatic heterocycles. The van der Waals surface area contributed by atoms with Crippen molar-refractivity contribution in [2.45, 2.75) is 24.4 Å². The van der Waals surface area contributed by atoms with Gasteiger partial charge >= 0.3 is 0 Å². The van der Waals surface area contributed by atoms with E-state index in [0.29, 0.717) is 6.04 Å². The minimum atomic E-state index is 0. The molecule has 0 radical (unpaired) electrons. The fraction of sp³-hybridized carbons (Fsp3) is 0.500. The molecule has 1 unspecified atom stereocenters. The highest BCUT2D eigenvalue weighted by molar-refractivity contribution is 7.98. The third kappa shape index (κ3) is 5.75. The van der Waals surface area contributed by atoms with Crippen LogP contribution in [-0.4, -0.2) is 26.0 Å². The first kappa shape index (κ1) is 15.8. The van der Waals surface area contributed by atoms with Crippen molar-refractivity contribution in [3.8, 4) is 0 Å². The highest BCUT2D eigenvalue weighted by Crippen LogP contribution is 2.14. The molecule has 2 nitrogen and oxygen atoms in total. The summed E-state index contributed by atoms with van der Waals surface area (Å²) >= 11 is 1.77. The molecule has 0 spiro atoms. The number of hydrogen-bond acceptors (Lipinski definition) is 3. The van der Waals surface area contributed by atoms with E-state index in [1.54, 1.807) is 18.9 Å². The van der Waals surface area contributed by atoms with Crippen molar-refractivity contribution < 1.29 is 4.74 Å². The Labute approximate surface area is 109 Å². The fourth-order valence-corrected chi connectivity index (χ4v) is 1.75. The van der Waals surface area contributed by atoms with Crippen molar-refractivity contribution in [1.82, 2.24) is 5.32 Å². The Morgan fingerprint density at radius 2 is 1.94 bits per heavy atom. The number of ether oxygens (including phenoxy) is 1. The molecule has 0 fully saturated rings. The molecule has 16 heavy (non-hydrogen) atoms. The van der Waals surface area contributed by atoms with Crippen LogP contribution in [0.4, 0.5) is 0 Å². The van der Waals surface area contributed by atoms with Gasteiger partial charge in [-0.3, -0.25) is 0 Å². The lowest BCUT2D eigenvalue weighted by Gasteiger charge is -2.12. The van der Waals surface area contributed by atoms with Crippen LogP contribution in [0.2, 0.25) is 0 Å². The molecule has 4 heteroatoms. The average molecular weight is 262 g/mol. The summed E-state index contributed by atoms with van der Waals surface area (Å²) in [5.74, 6) is 0. The number of benzene rings is 1. The standard InChI is InChI=1S/C12H19NOS.ClH/c1-10(9-14-2)13-8-11-4-6-12(15-3)7-5-11;/h4-7,10,13H,8-9H2,1-3H3;1H. The van der Waals surface area contributed by atoms with Crippen LogP contribution in [0.25, 0.3) is 0 Å². The normalized spacial score (nSPS) is 11.9. The Balaban J connectivity index is 0.00000225. The minimum Gasteiger partial charge on any atom is -0.383 e. The van der Waals surface area contributed by atoms with Crippen LogP contribution in [0, 0.1) is 0 Å². The Morgan fingerprint density at radius 1 is 1.31 bits per heavy atom. The number of halogens is 1. The lowest BCUT2D eigenvalue weighted by Crippen LogP contribution is -2.29. The SMILES string of the molecule is COCC(C)NCc1ccc(SC)cc1.Cl. The molecule has 1 N–H and O–H groups in total. The monoisotopic (exact) mass is 261 g/mol. The van der Waals surface area contributed by atoms with Gasteiger partial charge in [-0.15, -0.1) is 24.2 Å². The van der Waals surface area contributed by atoms with Gasteiger partial charge in [0.2, 0.25) is 0 Å². The highest BCUT2D eigenvalue weighted by Gasteiger charge is 2.00. The summed E-state index contributed by atoms with van der Waals surface area (Å²) in [6.07, 6.45) is 2.09. The van der Waals surface area contributed by atoms with E-state index in [1.165, 1.54) is 10.5 Å². The summed E-state index contributed by atoms with van der Waals surface area (Å²) in [6, 6.07) is 9.04. The van der Waals surface area contributed by atoms with Crippen molar-refractivity contribution in [2.24, 2.45) is 0 Å². The number of methoxy groups -OCH3 is 1. The Bertz CT molecular complexity index is 279. The van der Waals surface area contributed by atoms with Crippen molar-refractivity contribution >= 4 is 24.2 Å². The highest BCUT2D eigenvalue weighted by atomic mass is 35.5. The summed E-state index contributed by atoms with van der Waals surface area (Å²) in [4.78, 5) is 1.31. The quantitative estimate of drug-likeness (QED) is 0.796. The van der Waals surface area contributed by atoms with Crippen LogP contribution in [0.5, 0.6) is 0 Å². The topological polar surface area (TPSA) is 21.3 Å². The molecular weight excluding hydrogens is 242 g/mol. The van der Waals surface area contributed by atoms with Crippen molar-refractivity contribution in [2.75, 3.05) is 20.0 Å². The Kier molecular flexibility index (Phi) is 8.76. The molecule has 1 aromatic carbocycles. The zero-order valence-corrected chi connectivity index (χ0v) is 11.7. The average Bonchev–Trinajstić information content (AvgIpc) is 2.27. The van der Waals surface area contributed by atoms with E-state index in [4.69, 9.17) is 4.74 Å². The third-order valence-corrected chi connectivity index (χ3v) is 2.97. The number of rotatable bonds is 6. The first-order valence-corrected chi connectivity index (χ1v) is 6.34. The third-order valence-electron chi connectivity index (χ3n) is 2.23. The second-order valence-electron chi connectivity index (χ2n) is 3.59. The van der Waals surface area contributed by atoms with Gasteiger partial charge in [-0.05, 0) is 30.9 Å². The first-order chi connectivity index (χ1) is 7.26. The van der Waals surface area contributed by atoms with E-state index < -0.39 is 0 Å². The Hall–Kier alpha value is -0.220. The number of nitrogens with one attached hydrogen (secondary N) is 1. The van der Waals surface area contributed by atoms with Crippen LogP contribution in [0.1, 0.15) is 12.5 Å². The lowest BCUT2D eigenvalue weighted by atomic mass is 10.2. The van der Waals surface area contributed by atoms with Crippen molar-refractivity contribution in [3.05, 3.63) is 29.8 Å². The van der Waals surface area contributed by atoms with E-state index in [-0.39, 0.29) is 12.4 Å². The van der Waals surface area contributed by atoms with E-state index in [0.717, 1.165) is 13.2 Å². The number of thioether (sulfide) groups is 1. The van der Waals surface area contributed by atoms with E-state index >= 15 is 0 Å². The van der Waals surface area contributed by atoms with Gasteiger partial charge in [0.05, 0.1) is 6.61 Å². The van der Waals surface area contributed by atoms with Crippen LogP contribution >= 0.6 is 24.2 Å². The van der Waals surface area contributed by atoms with Gasteiger partial charge in [0.1, 0.15) is 0 Å². The molecule has 1 aromatic rings. The molecule has 0 aliphatic rings. The van der Waals surface area contributed by atoms with Crippen LogP contribution in [0.3, 0.4) is 0 Å². The van der Waals surface area contributed by atoms with Gasteiger partial charge in [0.25, 0.3) is 0 Å². The molecule has 0 saturated heterocycles. The summed E-state index contributed by atoms with van der Waals surface area (Å²) in [6.45, 7) is 3.78. The molecular formula is C12H20ClNOS. The van der Waals surface area contributed by atoms with Gasteiger partial charge in [0.15, 0.2) is 0 Å². The zero-order chi connectivity index (χ0) is 11.1. The minimum absolute atomic E-state index is 0. The number of hydrogen-bond donors (Lipinski definition) is 1. The molecule has 0 amide bonds. The van der Waals surface area contributed by atoms with Crippen LogP contribution in [-0.2, 0) is 11.3 Å². The van der Waals surface area contributed by atoms with Gasteiger partial charge in [-0.1, -0.05) is 12.1 Å². The molecule has 0 bridgehead atoms. The van der Waals surface area contributed by atoms with Crippen LogP contribution in [0.15, 0.2) is 29.2 Å². The lowest BCUT2D eigenvalue weighted by molar-refractivity contribution is 0.171. The van der Waals surface area contributed by atoms with Crippen LogP contribution < -0.4 is 5.32 Å². The summed E-state index contributed by atoms with van der Waals surface area (Å²) in [7, 11) is 1.73. The molecule has 0 saturated carbocycles. The predicted octanol–water partition coefficient (Wildman–Crippen LogP) is 2.95. The van der Waals surface area contributed by atoms with Gasteiger partial charge in [0, 0.05) is 24.6 Å². The fourth-order valence-electron chi connectivity index (χ4n) is 1.34. The molecule has 0 aromatic heterocycles. The summed E-state index contributed by atoms with van der Waals surface area (Å²) in [5, 5.41) is 3.41. The summed E-state index contributed by atoms with van der Waals surface area (Å²) in [5.41, 5.74) is 1.32. The summed E-state index contributed by atoms with van der Waals surface area (Å²) < 4.78 is 5.06. The molecule has 1 rings (SSSR count). The predicted molar refractivity (Wildman–Crippen MR) is 73.6 cm³/mol. The Morgan fingerprint density at radius 3 is 2.44 bits per heavy atom. The maximum atomic E-state index is 5.06. The van der Waals surface area contributed by atoms with Crippen molar-refractivity contribution in [3.63, 3.8) is 0 Å². The largest absolute Gasteiger partial charge is 0.383 e. The van der Waals surface area contributed by atoms with E-state index in [9.17, 15) is 0 Å². The molecule has 1 atom stereocenters. The van der Waals surface area contributed by atoms with E-state index in [2.05, 4.69) is 42.8 Å². The van der Waals surface area contributed by atoms with Gasteiger partial charge < -0.3 is 10.1 Å². The second kappa shape index (κ2) is 8.88.